The Morgan fingerprint density at radius 1 is 0.974 bits per heavy atom. The van der Waals surface area contributed by atoms with E-state index in [-0.39, 0.29) is 18.2 Å². The number of aryl methyl sites for hydroxylation is 1. The molecule has 0 saturated carbocycles. The van der Waals surface area contributed by atoms with Crippen molar-refractivity contribution in [3.63, 3.8) is 0 Å². The SMILES string of the molecule is CN(C)CCC(=O)N(C)c1ccc(N/C(=C2\C(=O)Nc3cc(Br)ccc32)c2cccc(CCC(=O)O)c2)cc1. The van der Waals surface area contributed by atoms with Gasteiger partial charge in [0.15, 0.2) is 0 Å². The van der Waals surface area contributed by atoms with Crippen LogP contribution in [0.4, 0.5) is 17.1 Å². The van der Waals surface area contributed by atoms with Gasteiger partial charge in [-0.1, -0.05) is 40.2 Å². The summed E-state index contributed by atoms with van der Waals surface area (Å²) in [6, 6.07) is 20.7. The zero-order valence-electron chi connectivity index (χ0n) is 22.1. The number of hydrogen-bond donors (Lipinski definition) is 3. The molecule has 3 aromatic rings. The molecule has 0 saturated heterocycles. The van der Waals surface area contributed by atoms with Gasteiger partial charge in [0.25, 0.3) is 5.91 Å². The summed E-state index contributed by atoms with van der Waals surface area (Å²) >= 11 is 3.46. The molecular formula is C30H31BrN4O4. The highest BCUT2D eigenvalue weighted by Gasteiger charge is 2.28. The Kier molecular flexibility index (Phi) is 8.83. The molecule has 3 aromatic carbocycles. The Hall–Kier alpha value is -3.95. The fraction of sp³-hybridized carbons (Fsp3) is 0.233. The van der Waals surface area contributed by atoms with Crippen molar-refractivity contribution in [1.29, 1.82) is 0 Å². The van der Waals surface area contributed by atoms with E-state index in [1.165, 1.54) is 0 Å². The molecule has 8 nitrogen and oxygen atoms in total. The monoisotopic (exact) mass is 590 g/mol. The van der Waals surface area contributed by atoms with Gasteiger partial charge in [0.2, 0.25) is 5.91 Å². The van der Waals surface area contributed by atoms with Gasteiger partial charge in [-0.15, -0.1) is 0 Å². The lowest BCUT2D eigenvalue weighted by Gasteiger charge is -2.20. The normalized spacial score (nSPS) is 13.6. The zero-order chi connectivity index (χ0) is 28.1. The van der Waals surface area contributed by atoms with Gasteiger partial charge in [-0.3, -0.25) is 14.4 Å². The number of anilines is 3. The molecule has 9 heteroatoms. The highest BCUT2D eigenvalue weighted by molar-refractivity contribution is 9.10. The van der Waals surface area contributed by atoms with Crippen LogP contribution in [-0.4, -0.2) is 55.5 Å². The van der Waals surface area contributed by atoms with Crippen molar-refractivity contribution in [2.75, 3.05) is 43.2 Å². The van der Waals surface area contributed by atoms with Crippen LogP contribution in [0.15, 0.2) is 71.2 Å². The van der Waals surface area contributed by atoms with Crippen molar-refractivity contribution in [2.45, 2.75) is 19.3 Å². The van der Waals surface area contributed by atoms with E-state index >= 15 is 0 Å². The molecule has 3 N–H and O–H groups in total. The number of nitrogens with one attached hydrogen (secondary N) is 2. The summed E-state index contributed by atoms with van der Waals surface area (Å²) in [5.74, 6) is -1.07. The smallest absolute Gasteiger partial charge is 0.303 e. The second kappa shape index (κ2) is 12.3. The molecule has 202 valence electrons. The number of carboxylic acid groups (broad SMARTS) is 1. The van der Waals surface area contributed by atoms with Crippen molar-refractivity contribution >= 4 is 62.0 Å². The van der Waals surface area contributed by atoms with E-state index in [0.29, 0.717) is 36.3 Å². The molecule has 1 heterocycles. The van der Waals surface area contributed by atoms with Crippen LogP contribution in [0.5, 0.6) is 0 Å². The molecule has 1 aliphatic rings. The first-order valence-corrected chi connectivity index (χ1v) is 13.4. The van der Waals surface area contributed by atoms with Crippen LogP contribution in [0.3, 0.4) is 0 Å². The van der Waals surface area contributed by atoms with E-state index in [0.717, 1.165) is 32.5 Å². The molecule has 0 radical (unpaired) electrons. The number of aliphatic carboxylic acids is 1. The van der Waals surface area contributed by atoms with Gasteiger partial charge < -0.3 is 25.5 Å². The minimum Gasteiger partial charge on any atom is -0.481 e. The lowest BCUT2D eigenvalue weighted by molar-refractivity contribution is -0.137. The summed E-state index contributed by atoms with van der Waals surface area (Å²) in [6.07, 6.45) is 0.815. The largest absolute Gasteiger partial charge is 0.481 e. The van der Waals surface area contributed by atoms with Gasteiger partial charge >= 0.3 is 5.97 Å². The maximum Gasteiger partial charge on any atom is 0.303 e. The van der Waals surface area contributed by atoms with E-state index in [1.54, 1.807) is 11.9 Å². The Labute approximate surface area is 236 Å². The number of carbonyl (C=O) groups excluding carboxylic acids is 2. The lowest BCUT2D eigenvalue weighted by Crippen LogP contribution is -2.29. The van der Waals surface area contributed by atoms with Gasteiger partial charge in [-0.2, -0.15) is 0 Å². The molecule has 0 atom stereocenters. The van der Waals surface area contributed by atoms with Gasteiger partial charge in [0, 0.05) is 47.8 Å². The number of benzene rings is 3. The first kappa shape index (κ1) is 28.1. The number of nitrogens with zero attached hydrogens (tertiary/aromatic N) is 2. The highest BCUT2D eigenvalue weighted by atomic mass is 79.9. The third kappa shape index (κ3) is 6.93. The average molecular weight is 592 g/mol. The summed E-state index contributed by atoms with van der Waals surface area (Å²) < 4.78 is 0.854. The molecule has 0 bridgehead atoms. The Morgan fingerprint density at radius 2 is 1.72 bits per heavy atom. The van der Waals surface area contributed by atoms with Crippen molar-refractivity contribution in [3.05, 3.63) is 87.9 Å². The number of carboxylic acids is 1. The molecular weight excluding hydrogens is 560 g/mol. The van der Waals surface area contributed by atoms with Crippen molar-refractivity contribution in [2.24, 2.45) is 0 Å². The van der Waals surface area contributed by atoms with Gasteiger partial charge in [-0.05, 0) is 74.1 Å². The van der Waals surface area contributed by atoms with E-state index in [9.17, 15) is 14.4 Å². The number of hydrogen-bond acceptors (Lipinski definition) is 5. The number of halogens is 1. The van der Waals surface area contributed by atoms with Gasteiger partial charge in [0.05, 0.1) is 17.0 Å². The maximum atomic E-state index is 13.2. The minimum atomic E-state index is -0.864. The first-order valence-electron chi connectivity index (χ1n) is 12.6. The lowest BCUT2D eigenvalue weighted by atomic mass is 9.97. The number of amides is 2. The molecule has 0 fully saturated rings. The van der Waals surface area contributed by atoms with Crippen LogP contribution in [0.2, 0.25) is 0 Å². The Morgan fingerprint density at radius 3 is 2.41 bits per heavy atom. The molecule has 39 heavy (non-hydrogen) atoms. The number of rotatable bonds is 10. The van der Waals surface area contributed by atoms with E-state index in [2.05, 4.69) is 26.6 Å². The van der Waals surface area contributed by atoms with Crippen molar-refractivity contribution in [1.82, 2.24) is 4.90 Å². The zero-order valence-corrected chi connectivity index (χ0v) is 23.7. The fourth-order valence-corrected chi connectivity index (χ4v) is 4.71. The molecule has 0 aliphatic carbocycles. The predicted octanol–water partition coefficient (Wildman–Crippen LogP) is 5.31. The quantitative estimate of drug-likeness (QED) is 0.276. The fourth-order valence-electron chi connectivity index (χ4n) is 4.35. The van der Waals surface area contributed by atoms with Gasteiger partial charge in [-0.25, -0.2) is 0 Å². The van der Waals surface area contributed by atoms with E-state index < -0.39 is 5.97 Å². The summed E-state index contributed by atoms with van der Waals surface area (Å²) in [4.78, 5) is 40.5. The van der Waals surface area contributed by atoms with Crippen LogP contribution in [-0.2, 0) is 20.8 Å². The van der Waals surface area contributed by atoms with Crippen LogP contribution in [0.1, 0.15) is 29.5 Å². The minimum absolute atomic E-state index is 0.0162. The topological polar surface area (TPSA) is 102 Å². The maximum absolute atomic E-state index is 13.2. The highest BCUT2D eigenvalue weighted by Crippen LogP contribution is 2.39. The van der Waals surface area contributed by atoms with Crippen molar-refractivity contribution < 1.29 is 19.5 Å². The van der Waals surface area contributed by atoms with Crippen LogP contribution >= 0.6 is 15.9 Å². The predicted molar refractivity (Wildman–Crippen MR) is 159 cm³/mol. The van der Waals surface area contributed by atoms with Crippen LogP contribution in [0, 0.1) is 0 Å². The molecule has 0 unspecified atom stereocenters. The van der Waals surface area contributed by atoms with E-state index in [1.807, 2.05) is 85.7 Å². The summed E-state index contributed by atoms with van der Waals surface area (Å²) in [5, 5.41) is 15.5. The summed E-state index contributed by atoms with van der Waals surface area (Å²) in [7, 11) is 5.63. The van der Waals surface area contributed by atoms with Crippen molar-refractivity contribution in [3.8, 4) is 0 Å². The van der Waals surface area contributed by atoms with E-state index in [4.69, 9.17) is 5.11 Å². The standard InChI is InChI=1S/C30H31BrN4O4/c1-34(2)16-15-26(36)35(3)23-11-9-22(10-12-23)32-29(20-6-4-5-19(17-20)7-14-27(37)38)28-24-13-8-21(31)18-25(24)33-30(28)39/h4-6,8-13,17-18,32H,7,14-16H2,1-3H3,(H,33,39)(H,37,38)/b29-28-. The first-order chi connectivity index (χ1) is 18.6. The van der Waals surface area contributed by atoms with Crippen LogP contribution in [0.25, 0.3) is 11.3 Å². The summed E-state index contributed by atoms with van der Waals surface area (Å²) in [6.45, 7) is 0.672. The second-order valence-electron chi connectivity index (χ2n) is 9.67. The number of carbonyl (C=O) groups is 3. The summed E-state index contributed by atoms with van der Waals surface area (Å²) in [5.41, 5.74) is 5.70. The van der Waals surface area contributed by atoms with Crippen LogP contribution < -0.4 is 15.5 Å². The molecule has 0 aromatic heterocycles. The van der Waals surface area contributed by atoms with Gasteiger partial charge in [0.1, 0.15) is 0 Å². The second-order valence-corrected chi connectivity index (χ2v) is 10.6. The molecule has 4 rings (SSSR count). The third-order valence-corrected chi connectivity index (χ3v) is 6.98. The number of fused-ring (bicyclic) bond motifs is 1. The molecule has 1 aliphatic heterocycles. The molecule has 2 amide bonds. The third-order valence-electron chi connectivity index (χ3n) is 6.49. The Balaban J connectivity index is 1.70. The molecule has 0 spiro atoms. The Bertz CT molecular complexity index is 1430. The average Bonchev–Trinajstić information content (AvgIpc) is 3.23.